The molecule has 20 heavy (non-hydrogen) atoms. The Kier molecular flexibility index (Phi) is 7.95. The monoisotopic (exact) mass is 319 g/mol. The number of guanidine groups is 1. The fourth-order valence-electron chi connectivity index (χ4n) is 1.91. The van der Waals surface area contributed by atoms with Crippen molar-refractivity contribution in [3.8, 4) is 0 Å². The van der Waals surface area contributed by atoms with Crippen LogP contribution in [0.5, 0.6) is 0 Å². The molecule has 2 atom stereocenters. The molecule has 0 spiro atoms. The van der Waals surface area contributed by atoms with Crippen LogP contribution in [0.2, 0.25) is 0 Å². The highest BCUT2D eigenvalue weighted by atomic mass is 32.2. The number of nitrogens with one attached hydrogen (secondary N) is 2. The topological polar surface area (TPSA) is 53.5 Å². The Balaban J connectivity index is 2.43. The van der Waals surface area contributed by atoms with E-state index in [2.05, 4.69) is 22.5 Å². The van der Waals surface area contributed by atoms with Gasteiger partial charge in [-0.1, -0.05) is 0 Å². The van der Waals surface area contributed by atoms with Crippen molar-refractivity contribution >= 4 is 28.5 Å². The molecule has 0 aliphatic carbocycles. The summed E-state index contributed by atoms with van der Waals surface area (Å²) in [6.45, 7) is 9.56. The lowest BCUT2D eigenvalue weighted by atomic mass is 10.2. The van der Waals surface area contributed by atoms with Crippen LogP contribution in [0.25, 0.3) is 0 Å². The molecular formula is C14H29N3OS2. The molecule has 6 heteroatoms. The smallest absolute Gasteiger partial charge is 0.191 e. The number of nitrogens with zero attached hydrogens (tertiary/aromatic N) is 1. The van der Waals surface area contributed by atoms with Gasteiger partial charge in [-0.05, 0) is 46.3 Å². The number of thioether (sulfide) groups is 1. The fourth-order valence-corrected chi connectivity index (χ4v) is 3.86. The molecular weight excluding hydrogens is 290 g/mol. The van der Waals surface area contributed by atoms with E-state index in [1.165, 1.54) is 18.6 Å². The lowest BCUT2D eigenvalue weighted by Crippen LogP contribution is -2.45. The minimum Gasteiger partial charge on any atom is -0.357 e. The quantitative estimate of drug-likeness (QED) is 0.601. The van der Waals surface area contributed by atoms with E-state index in [0.29, 0.717) is 18.3 Å². The van der Waals surface area contributed by atoms with Gasteiger partial charge in [-0.2, -0.15) is 11.8 Å². The second kappa shape index (κ2) is 8.93. The summed E-state index contributed by atoms with van der Waals surface area (Å²) in [5, 5.41) is 6.76. The van der Waals surface area contributed by atoms with Crippen LogP contribution in [0, 0.1) is 0 Å². The largest absolute Gasteiger partial charge is 0.357 e. The molecule has 0 aromatic carbocycles. The standard InChI is InChI=1S/C14H29N3OS2/c1-5-15-13(17-12-7-6-9-19-11-12)16-8-10-20(18)14(2,3)4/h12H,5-11H2,1-4H3,(H2,15,16,17). The first-order valence-corrected chi connectivity index (χ1v) is 9.92. The molecule has 4 nitrogen and oxygen atoms in total. The summed E-state index contributed by atoms with van der Waals surface area (Å²) in [6.07, 6.45) is 2.49. The minimum absolute atomic E-state index is 0.151. The summed E-state index contributed by atoms with van der Waals surface area (Å²) < 4.78 is 11.8. The van der Waals surface area contributed by atoms with Crippen LogP contribution in [0.4, 0.5) is 0 Å². The summed E-state index contributed by atoms with van der Waals surface area (Å²) in [7, 11) is -0.831. The van der Waals surface area contributed by atoms with Gasteiger partial charge in [0.2, 0.25) is 0 Å². The molecule has 0 saturated carbocycles. The second-order valence-electron chi connectivity index (χ2n) is 5.98. The van der Waals surface area contributed by atoms with Crippen molar-refractivity contribution < 1.29 is 4.21 Å². The van der Waals surface area contributed by atoms with Crippen LogP contribution in [0.3, 0.4) is 0 Å². The van der Waals surface area contributed by atoms with Crippen molar-refractivity contribution in [3.05, 3.63) is 0 Å². The average molecular weight is 320 g/mol. The predicted octanol–water partition coefficient (Wildman–Crippen LogP) is 1.98. The van der Waals surface area contributed by atoms with Crippen molar-refractivity contribution in [2.75, 3.05) is 30.3 Å². The first-order chi connectivity index (χ1) is 9.43. The Labute approximate surface area is 130 Å². The zero-order valence-electron chi connectivity index (χ0n) is 13.2. The fraction of sp³-hybridized carbons (Fsp3) is 0.929. The number of hydrogen-bond acceptors (Lipinski definition) is 3. The predicted molar refractivity (Wildman–Crippen MR) is 92.2 cm³/mol. The molecule has 0 radical (unpaired) electrons. The van der Waals surface area contributed by atoms with E-state index in [1.54, 1.807) is 0 Å². The van der Waals surface area contributed by atoms with Gasteiger partial charge in [0.15, 0.2) is 5.96 Å². The molecule has 0 aromatic heterocycles. The molecule has 0 aromatic rings. The second-order valence-corrected chi connectivity index (χ2v) is 9.45. The van der Waals surface area contributed by atoms with Crippen LogP contribution >= 0.6 is 11.8 Å². The lowest BCUT2D eigenvalue weighted by molar-refractivity contribution is 0.582. The highest BCUT2D eigenvalue weighted by molar-refractivity contribution is 7.99. The first-order valence-electron chi connectivity index (χ1n) is 7.44. The van der Waals surface area contributed by atoms with Crippen LogP contribution < -0.4 is 10.6 Å². The Morgan fingerprint density at radius 1 is 1.45 bits per heavy atom. The first kappa shape index (κ1) is 17.8. The molecule has 1 saturated heterocycles. The van der Waals surface area contributed by atoms with E-state index in [9.17, 15) is 4.21 Å². The molecule has 2 N–H and O–H groups in total. The van der Waals surface area contributed by atoms with Crippen LogP contribution in [0.1, 0.15) is 40.5 Å². The van der Waals surface area contributed by atoms with Gasteiger partial charge in [-0.25, -0.2) is 0 Å². The van der Waals surface area contributed by atoms with Crippen LogP contribution in [0.15, 0.2) is 4.99 Å². The molecule has 1 rings (SSSR count). The summed E-state index contributed by atoms with van der Waals surface area (Å²) in [5.41, 5.74) is 0. The van der Waals surface area contributed by atoms with Crippen molar-refractivity contribution in [2.24, 2.45) is 4.99 Å². The van der Waals surface area contributed by atoms with Gasteiger partial charge in [-0.3, -0.25) is 9.20 Å². The maximum Gasteiger partial charge on any atom is 0.191 e. The molecule has 1 heterocycles. The molecule has 1 aliphatic rings. The third-order valence-electron chi connectivity index (χ3n) is 3.07. The maximum atomic E-state index is 12.0. The van der Waals surface area contributed by atoms with Gasteiger partial charge in [-0.15, -0.1) is 0 Å². The molecule has 118 valence electrons. The SMILES string of the molecule is CCNC(=NCCS(=O)C(C)(C)C)NC1CCCSC1. The van der Waals surface area contributed by atoms with E-state index < -0.39 is 10.8 Å². The highest BCUT2D eigenvalue weighted by Gasteiger charge is 2.19. The van der Waals surface area contributed by atoms with Gasteiger partial charge in [0, 0.05) is 39.6 Å². The van der Waals surface area contributed by atoms with Gasteiger partial charge in [0.05, 0.1) is 6.54 Å². The summed E-state index contributed by atoms with van der Waals surface area (Å²) in [4.78, 5) is 4.55. The number of aliphatic imine (C=N–C) groups is 1. The van der Waals surface area contributed by atoms with E-state index in [1.807, 2.05) is 32.5 Å². The van der Waals surface area contributed by atoms with Gasteiger partial charge in [0.25, 0.3) is 0 Å². The Hall–Kier alpha value is -0.230. The summed E-state index contributed by atoms with van der Waals surface area (Å²) in [5.74, 6) is 3.92. The normalized spacial score (nSPS) is 22.4. The third-order valence-corrected chi connectivity index (χ3v) is 6.21. The zero-order valence-corrected chi connectivity index (χ0v) is 14.8. The average Bonchev–Trinajstić information content (AvgIpc) is 2.39. The Bertz CT molecular complexity index is 334. The molecule has 2 unspecified atom stereocenters. The minimum atomic E-state index is -0.831. The van der Waals surface area contributed by atoms with Crippen LogP contribution in [-0.4, -0.2) is 51.3 Å². The van der Waals surface area contributed by atoms with Gasteiger partial charge >= 0.3 is 0 Å². The number of hydrogen-bond donors (Lipinski definition) is 2. The Morgan fingerprint density at radius 2 is 2.20 bits per heavy atom. The third kappa shape index (κ3) is 6.97. The summed E-state index contributed by atoms with van der Waals surface area (Å²) >= 11 is 2.00. The molecule has 0 amide bonds. The van der Waals surface area contributed by atoms with Gasteiger partial charge < -0.3 is 10.6 Å². The molecule has 1 fully saturated rings. The van der Waals surface area contributed by atoms with E-state index in [4.69, 9.17) is 0 Å². The summed E-state index contributed by atoms with van der Waals surface area (Å²) in [6, 6.07) is 0.514. The highest BCUT2D eigenvalue weighted by Crippen LogP contribution is 2.16. The van der Waals surface area contributed by atoms with Crippen molar-refractivity contribution in [2.45, 2.75) is 51.3 Å². The number of rotatable bonds is 5. The molecule has 1 aliphatic heterocycles. The van der Waals surface area contributed by atoms with Crippen molar-refractivity contribution in [1.82, 2.24) is 10.6 Å². The van der Waals surface area contributed by atoms with Crippen LogP contribution in [-0.2, 0) is 10.8 Å². The van der Waals surface area contributed by atoms with E-state index in [-0.39, 0.29) is 4.75 Å². The van der Waals surface area contributed by atoms with Gasteiger partial charge in [0.1, 0.15) is 0 Å². The molecule has 0 bridgehead atoms. The van der Waals surface area contributed by atoms with E-state index >= 15 is 0 Å². The van der Waals surface area contributed by atoms with E-state index in [0.717, 1.165) is 18.3 Å². The lowest BCUT2D eigenvalue weighted by Gasteiger charge is -2.24. The Morgan fingerprint density at radius 3 is 2.75 bits per heavy atom. The van der Waals surface area contributed by atoms with Crippen molar-refractivity contribution in [3.63, 3.8) is 0 Å². The zero-order chi connectivity index (χ0) is 15.0. The van der Waals surface area contributed by atoms with Crippen molar-refractivity contribution in [1.29, 1.82) is 0 Å². The maximum absolute atomic E-state index is 12.0.